The number of carbonyl (C=O) groups excluding carboxylic acids is 2. The molecule has 2 aliphatic carbocycles. The van der Waals surface area contributed by atoms with Gasteiger partial charge >= 0.3 is 0 Å². The Bertz CT molecular complexity index is 673. The maximum Gasteiger partial charge on any atom is 0.225 e. The number of nitrogens with zero attached hydrogens (tertiary/aromatic N) is 1. The predicted octanol–water partition coefficient (Wildman–Crippen LogP) is 3.80. The highest BCUT2D eigenvalue weighted by atomic mass is 35.5. The Kier molecular flexibility index (Phi) is 7.22. The average molecular weight is 452 g/mol. The van der Waals surface area contributed by atoms with Crippen molar-refractivity contribution in [2.75, 3.05) is 13.6 Å². The van der Waals surface area contributed by atoms with E-state index in [4.69, 9.17) is 11.6 Å². The van der Waals surface area contributed by atoms with Crippen molar-refractivity contribution in [2.45, 2.75) is 95.6 Å². The molecule has 0 spiro atoms. The van der Waals surface area contributed by atoms with Crippen molar-refractivity contribution >= 4 is 23.4 Å². The summed E-state index contributed by atoms with van der Waals surface area (Å²) in [5, 5.41) is 7.10. The monoisotopic (exact) mass is 451 g/mol. The number of likely N-dealkylation sites (tertiary alicyclic amines) is 1. The van der Waals surface area contributed by atoms with Crippen molar-refractivity contribution in [1.82, 2.24) is 15.5 Å². The van der Waals surface area contributed by atoms with E-state index in [9.17, 15) is 9.59 Å². The summed E-state index contributed by atoms with van der Waals surface area (Å²) >= 11 is 6.46. The molecule has 2 aliphatic heterocycles. The van der Waals surface area contributed by atoms with Crippen molar-refractivity contribution in [3.8, 4) is 0 Å². The Morgan fingerprint density at radius 2 is 1.77 bits per heavy atom. The summed E-state index contributed by atoms with van der Waals surface area (Å²) in [4.78, 5) is 28.4. The molecule has 2 saturated carbocycles. The molecule has 10 unspecified atom stereocenters. The van der Waals surface area contributed by atoms with Gasteiger partial charge in [0.2, 0.25) is 11.8 Å². The number of halogens is 1. The minimum Gasteiger partial charge on any atom is -0.353 e. The average Bonchev–Trinajstić information content (AvgIpc) is 2.74. The molecule has 5 nitrogen and oxygen atoms in total. The van der Waals surface area contributed by atoms with E-state index in [-0.39, 0.29) is 29.2 Å². The van der Waals surface area contributed by atoms with Gasteiger partial charge < -0.3 is 15.5 Å². The van der Waals surface area contributed by atoms with Crippen molar-refractivity contribution < 1.29 is 9.59 Å². The quantitative estimate of drug-likeness (QED) is 0.641. The van der Waals surface area contributed by atoms with Crippen molar-refractivity contribution in [3.63, 3.8) is 0 Å². The van der Waals surface area contributed by atoms with E-state index in [1.165, 1.54) is 0 Å². The third kappa shape index (κ3) is 4.93. The second kappa shape index (κ2) is 9.59. The molecule has 10 atom stereocenters. The second-order valence-electron chi connectivity index (χ2n) is 11.3. The molecule has 176 valence electrons. The maximum atomic E-state index is 13.4. The van der Waals surface area contributed by atoms with Gasteiger partial charge in [0.15, 0.2) is 0 Å². The molecule has 4 aliphatic rings. The highest BCUT2D eigenvalue weighted by Crippen LogP contribution is 2.43. The summed E-state index contributed by atoms with van der Waals surface area (Å²) in [5.74, 6) is 2.62. The van der Waals surface area contributed by atoms with Crippen molar-refractivity contribution in [1.29, 1.82) is 0 Å². The molecular formula is C25H42ClN3O2. The summed E-state index contributed by atoms with van der Waals surface area (Å²) in [6, 6.07) is 1.06. The minimum atomic E-state index is 0.0509. The lowest BCUT2D eigenvalue weighted by molar-refractivity contribution is -0.148. The van der Waals surface area contributed by atoms with E-state index in [0.29, 0.717) is 41.7 Å². The third-order valence-corrected chi connectivity index (χ3v) is 9.78. The van der Waals surface area contributed by atoms with E-state index >= 15 is 0 Å². The number of fused-ring (bicyclic) bond motifs is 1. The molecule has 6 heteroatoms. The van der Waals surface area contributed by atoms with Gasteiger partial charge in [-0.3, -0.25) is 9.59 Å². The fourth-order valence-electron chi connectivity index (χ4n) is 6.92. The van der Waals surface area contributed by atoms with Crippen LogP contribution in [0.5, 0.6) is 0 Å². The zero-order valence-electron chi connectivity index (χ0n) is 19.8. The van der Waals surface area contributed by atoms with E-state index in [1.807, 2.05) is 7.05 Å². The van der Waals surface area contributed by atoms with Crippen LogP contribution in [0.4, 0.5) is 0 Å². The molecule has 0 radical (unpaired) electrons. The number of amides is 2. The molecule has 4 fully saturated rings. The van der Waals surface area contributed by atoms with Crippen LogP contribution >= 0.6 is 11.6 Å². The number of hydrogen-bond donors (Lipinski definition) is 2. The van der Waals surface area contributed by atoms with Gasteiger partial charge in [-0.05, 0) is 82.0 Å². The van der Waals surface area contributed by atoms with Gasteiger partial charge in [-0.1, -0.05) is 13.8 Å². The predicted molar refractivity (Wildman–Crippen MR) is 125 cm³/mol. The lowest BCUT2D eigenvalue weighted by Gasteiger charge is -2.50. The molecule has 2 amide bonds. The first-order valence-corrected chi connectivity index (χ1v) is 13.1. The van der Waals surface area contributed by atoms with Crippen LogP contribution in [0.3, 0.4) is 0 Å². The number of alkyl halides is 1. The molecule has 4 rings (SSSR count). The van der Waals surface area contributed by atoms with Crippen LogP contribution in [-0.2, 0) is 9.59 Å². The van der Waals surface area contributed by atoms with Gasteiger partial charge in [0.25, 0.3) is 0 Å². The summed E-state index contributed by atoms with van der Waals surface area (Å²) in [6.07, 6.45) is 7.88. The Labute approximate surface area is 193 Å². The van der Waals surface area contributed by atoms with Gasteiger partial charge in [0.05, 0.1) is 0 Å². The summed E-state index contributed by atoms with van der Waals surface area (Å²) in [6.45, 7) is 7.73. The topological polar surface area (TPSA) is 61.4 Å². The van der Waals surface area contributed by atoms with Crippen LogP contribution in [0.1, 0.15) is 72.1 Å². The highest BCUT2D eigenvalue weighted by Gasteiger charge is 2.47. The van der Waals surface area contributed by atoms with E-state index in [1.54, 1.807) is 0 Å². The minimum absolute atomic E-state index is 0.0509. The maximum absolute atomic E-state index is 13.4. The SMILES string of the molecule is CC1CC2C(CN1)CC(C1CC(NC(=O)C3CCC(C)C(Cl)C3)CCC1C)C(=O)N2C. The van der Waals surface area contributed by atoms with Crippen LogP contribution in [0, 0.1) is 35.5 Å². The Morgan fingerprint density at radius 3 is 2.52 bits per heavy atom. The zero-order chi connectivity index (χ0) is 22.3. The lowest BCUT2D eigenvalue weighted by atomic mass is 9.65. The molecule has 0 aromatic heterocycles. The molecule has 2 N–H and O–H groups in total. The van der Waals surface area contributed by atoms with Crippen LogP contribution < -0.4 is 10.6 Å². The molecule has 2 heterocycles. The van der Waals surface area contributed by atoms with E-state index < -0.39 is 0 Å². The number of hydrogen-bond acceptors (Lipinski definition) is 3. The molecular weight excluding hydrogens is 410 g/mol. The molecule has 2 saturated heterocycles. The van der Waals surface area contributed by atoms with Gasteiger partial charge in [-0.25, -0.2) is 0 Å². The molecule has 0 aromatic carbocycles. The second-order valence-corrected chi connectivity index (χ2v) is 11.9. The van der Waals surface area contributed by atoms with Crippen LogP contribution in [0.2, 0.25) is 0 Å². The van der Waals surface area contributed by atoms with Gasteiger partial charge in [-0.2, -0.15) is 0 Å². The fraction of sp³-hybridized carbons (Fsp3) is 0.920. The highest BCUT2D eigenvalue weighted by molar-refractivity contribution is 6.21. The smallest absolute Gasteiger partial charge is 0.225 e. The van der Waals surface area contributed by atoms with E-state index in [0.717, 1.165) is 57.9 Å². The molecule has 31 heavy (non-hydrogen) atoms. The summed E-state index contributed by atoms with van der Waals surface area (Å²) in [5.41, 5.74) is 0. The first-order valence-electron chi connectivity index (χ1n) is 12.7. The standard InChI is InChI=1S/C25H42ClN3O2/c1-14-6-8-19(28-24(30)17-7-5-15(2)22(26)11-17)12-20(14)21-10-18-13-27-16(3)9-23(18)29(4)25(21)31/h14-23,27H,5-13H2,1-4H3,(H,28,30). The first kappa shape index (κ1) is 23.4. The number of carbonyl (C=O) groups is 2. The van der Waals surface area contributed by atoms with Gasteiger partial charge in [0, 0.05) is 48.9 Å². The largest absolute Gasteiger partial charge is 0.353 e. The normalized spacial score (nSPS) is 46.4. The van der Waals surface area contributed by atoms with Gasteiger partial charge in [-0.15, -0.1) is 11.6 Å². The van der Waals surface area contributed by atoms with Crippen LogP contribution in [-0.4, -0.2) is 53.8 Å². The molecule has 0 bridgehead atoms. The van der Waals surface area contributed by atoms with Crippen molar-refractivity contribution in [3.05, 3.63) is 0 Å². The first-order chi connectivity index (χ1) is 14.7. The zero-order valence-corrected chi connectivity index (χ0v) is 20.5. The van der Waals surface area contributed by atoms with Crippen LogP contribution in [0.15, 0.2) is 0 Å². The lowest BCUT2D eigenvalue weighted by Crippen LogP contribution is -2.60. The fourth-order valence-corrected chi connectivity index (χ4v) is 7.27. The van der Waals surface area contributed by atoms with Crippen LogP contribution in [0.25, 0.3) is 0 Å². The summed E-state index contributed by atoms with van der Waals surface area (Å²) in [7, 11) is 2.02. The Morgan fingerprint density at radius 1 is 1.03 bits per heavy atom. The number of rotatable bonds is 3. The molecule has 0 aromatic rings. The third-order valence-electron chi connectivity index (χ3n) is 9.18. The van der Waals surface area contributed by atoms with Gasteiger partial charge in [0.1, 0.15) is 0 Å². The van der Waals surface area contributed by atoms with Crippen molar-refractivity contribution in [2.24, 2.45) is 35.5 Å². The Hall–Kier alpha value is -0.810. The Balaban J connectivity index is 1.38. The number of piperidine rings is 2. The number of nitrogens with one attached hydrogen (secondary N) is 2. The summed E-state index contributed by atoms with van der Waals surface area (Å²) < 4.78 is 0. The van der Waals surface area contributed by atoms with E-state index in [2.05, 4.69) is 36.3 Å².